The Hall–Kier alpha value is -4.71. The lowest BCUT2D eigenvalue weighted by Crippen LogP contribution is -2.40. The summed E-state index contributed by atoms with van der Waals surface area (Å²) >= 11 is 0. The first-order valence-electron chi connectivity index (χ1n) is 13.4. The van der Waals surface area contributed by atoms with Crippen LogP contribution in [0.5, 0.6) is 11.8 Å². The van der Waals surface area contributed by atoms with Gasteiger partial charge in [0.05, 0.1) is 31.4 Å². The molecular formula is C29H30N8O4. The van der Waals surface area contributed by atoms with Crippen LogP contribution in [0.3, 0.4) is 0 Å². The molecule has 2 aliphatic rings. The third-order valence-electron chi connectivity index (χ3n) is 7.50. The highest BCUT2D eigenvalue weighted by Gasteiger charge is 2.45. The second-order valence-corrected chi connectivity index (χ2v) is 10.7. The molecule has 210 valence electrons. The predicted octanol–water partition coefficient (Wildman–Crippen LogP) is 3.35. The lowest BCUT2D eigenvalue weighted by atomic mass is 9.70. The second-order valence-electron chi connectivity index (χ2n) is 10.7. The van der Waals surface area contributed by atoms with E-state index in [1.54, 1.807) is 11.9 Å². The fourth-order valence-corrected chi connectivity index (χ4v) is 5.26. The SMILES string of the molecule is Cc1ccc2c(n1)Oc1nc(-c3ccc(C(=O)N4CCOCC4)cc3)ccc1[C@H]2C(C)(C)C(=O)Nc1nnn(C)n1. The molecule has 0 unspecified atom stereocenters. The molecule has 1 atom stereocenters. The van der Waals surface area contributed by atoms with Gasteiger partial charge in [0.2, 0.25) is 17.7 Å². The number of nitrogens with one attached hydrogen (secondary N) is 1. The quantitative estimate of drug-likeness (QED) is 0.394. The molecule has 12 heteroatoms. The number of amides is 2. The number of anilines is 1. The van der Waals surface area contributed by atoms with E-state index in [2.05, 4.69) is 25.7 Å². The minimum absolute atomic E-state index is 0.0142. The van der Waals surface area contributed by atoms with E-state index in [0.717, 1.165) is 22.4 Å². The normalized spacial score (nSPS) is 16.4. The molecule has 0 spiro atoms. The van der Waals surface area contributed by atoms with Gasteiger partial charge in [-0.3, -0.25) is 14.9 Å². The Balaban J connectivity index is 1.33. The molecule has 41 heavy (non-hydrogen) atoms. The Morgan fingerprint density at radius 3 is 2.32 bits per heavy atom. The number of fused-ring (bicyclic) bond motifs is 2. The first-order valence-corrected chi connectivity index (χ1v) is 13.4. The van der Waals surface area contributed by atoms with Gasteiger partial charge in [-0.25, -0.2) is 9.97 Å². The minimum Gasteiger partial charge on any atom is -0.420 e. The molecule has 3 aromatic heterocycles. The third-order valence-corrected chi connectivity index (χ3v) is 7.50. The zero-order chi connectivity index (χ0) is 28.7. The molecule has 0 aliphatic carbocycles. The largest absolute Gasteiger partial charge is 0.420 e. The van der Waals surface area contributed by atoms with Crippen LogP contribution in [0, 0.1) is 12.3 Å². The number of rotatable bonds is 5. The van der Waals surface area contributed by atoms with Crippen molar-refractivity contribution in [2.75, 3.05) is 31.6 Å². The lowest BCUT2D eigenvalue weighted by Gasteiger charge is -2.37. The van der Waals surface area contributed by atoms with E-state index < -0.39 is 11.3 Å². The smallest absolute Gasteiger partial charge is 0.270 e. The van der Waals surface area contributed by atoms with Crippen molar-refractivity contribution in [3.63, 3.8) is 0 Å². The van der Waals surface area contributed by atoms with Crippen LogP contribution in [0.25, 0.3) is 11.3 Å². The van der Waals surface area contributed by atoms with Gasteiger partial charge in [0.25, 0.3) is 11.9 Å². The maximum Gasteiger partial charge on any atom is 0.270 e. The average molecular weight is 555 g/mol. The highest BCUT2D eigenvalue weighted by Crippen LogP contribution is 2.51. The molecule has 5 heterocycles. The Morgan fingerprint density at radius 2 is 1.63 bits per heavy atom. The summed E-state index contributed by atoms with van der Waals surface area (Å²) in [5.41, 5.74) is 3.50. The predicted molar refractivity (Wildman–Crippen MR) is 148 cm³/mol. The Morgan fingerprint density at radius 1 is 0.951 bits per heavy atom. The fraction of sp³-hybridized carbons (Fsp3) is 0.345. The van der Waals surface area contributed by atoms with Crippen molar-refractivity contribution in [1.82, 2.24) is 35.1 Å². The summed E-state index contributed by atoms with van der Waals surface area (Å²) in [7, 11) is 1.63. The number of morpholine rings is 1. The van der Waals surface area contributed by atoms with E-state index in [1.165, 1.54) is 4.80 Å². The first-order chi connectivity index (χ1) is 19.7. The molecule has 1 fully saturated rings. The van der Waals surface area contributed by atoms with E-state index >= 15 is 0 Å². The highest BCUT2D eigenvalue weighted by atomic mass is 16.5. The van der Waals surface area contributed by atoms with Crippen molar-refractivity contribution in [3.8, 4) is 23.0 Å². The van der Waals surface area contributed by atoms with Crippen molar-refractivity contribution in [2.24, 2.45) is 12.5 Å². The van der Waals surface area contributed by atoms with Crippen LogP contribution in [0.2, 0.25) is 0 Å². The molecule has 2 aliphatic heterocycles. The van der Waals surface area contributed by atoms with Gasteiger partial charge < -0.3 is 14.4 Å². The number of nitrogens with zero attached hydrogens (tertiary/aromatic N) is 7. The summed E-state index contributed by atoms with van der Waals surface area (Å²) in [6.45, 7) is 7.89. The maximum atomic E-state index is 13.6. The third kappa shape index (κ3) is 5.02. The molecule has 1 N–H and O–H groups in total. The van der Waals surface area contributed by atoms with Crippen LogP contribution in [-0.2, 0) is 16.6 Å². The van der Waals surface area contributed by atoms with Crippen LogP contribution in [-0.4, -0.2) is 73.2 Å². The Labute approximate surface area is 236 Å². The number of carbonyl (C=O) groups is 2. The number of hydrogen-bond donors (Lipinski definition) is 1. The summed E-state index contributed by atoms with van der Waals surface area (Å²) in [6.07, 6.45) is 0. The number of tetrazole rings is 1. The summed E-state index contributed by atoms with van der Waals surface area (Å²) in [5.74, 6) is 0.214. The molecule has 2 amide bonds. The van der Waals surface area contributed by atoms with Crippen LogP contribution in [0.4, 0.5) is 5.95 Å². The molecule has 1 aromatic carbocycles. The molecule has 12 nitrogen and oxygen atoms in total. The monoisotopic (exact) mass is 554 g/mol. The lowest BCUT2D eigenvalue weighted by molar-refractivity contribution is -0.124. The zero-order valence-corrected chi connectivity index (χ0v) is 23.3. The van der Waals surface area contributed by atoms with Gasteiger partial charge in [0.15, 0.2) is 0 Å². The fourth-order valence-electron chi connectivity index (χ4n) is 5.26. The van der Waals surface area contributed by atoms with Crippen molar-refractivity contribution in [1.29, 1.82) is 0 Å². The summed E-state index contributed by atoms with van der Waals surface area (Å²) in [6, 6.07) is 15.1. The van der Waals surface area contributed by atoms with Crippen LogP contribution >= 0.6 is 0 Å². The maximum absolute atomic E-state index is 13.6. The van der Waals surface area contributed by atoms with E-state index in [-0.39, 0.29) is 17.8 Å². The number of benzene rings is 1. The van der Waals surface area contributed by atoms with Gasteiger partial charge in [0.1, 0.15) is 0 Å². The van der Waals surface area contributed by atoms with Crippen LogP contribution in [0.15, 0.2) is 48.5 Å². The molecule has 6 rings (SSSR count). The number of aryl methyl sites for hydroxylation is 2. The van der Waals surface area contributed by atoms with Gasteiger partial charge in [-0.05, 0) is 36.4 Å². The summed E-state index contributed by atoms with van der Waals surface area (Å²) in [4.78, 5) is 39.0. The van der Waals surface area contributed by atoms with Crippen molar-refractivity contribution >= 4 is 17.8 Å². The second kappa shape index (κ2) is 10.4. The minimum atomic E-state index is -0.964. The van der Waals surface area contributed by atoms with Gasteiger partial charge in [-0.2, -0.15) is 4.80 Å². The van der Waals surface area contributed by atoms with E-state index in [1.807, 2.05) is 69.3 Å². The van der Waals surface area contributed by atoms with E-state index in [9.17, 15) is 9.59 Å². The topological polar surface area (TPSA) is 137 Å². The van der Waals surface area contributed by atoms with Crippen molar-refractivity contribution < 1.29 is 19.1 Å². The number of aromatic nitrogens is 6. The molecule has 4 aromatic rings. The van der Waals surface area contributed by atoms with Crippen LogP contribution in [0.1, 0.15) is 46.9 Å². The van der Waals surface area contributed by atoms with Gasteiger partial charge >= 0.3 is 0 Å². The molecular weight excluding hydrogens is 524 g/mol. The number of hydrogen-bond acceptors (Lipinski definition) is 9. The number of ether oxygens (including phenoxy) is 2. The van der Waals surface area contributed by atoms with Gasteiger partial charge in [0, 0.05) is 47.0 Å². The molecule has 0 bridgehead atoms. The van der Waals surface area contributed by atoms with Crippen molar-refractivity contribution in [2.45, 2.75) is 26.7 Å². The molecule has 1 saturated heterocycles. The summed E-state index contributed by atoms with van der Waals surface area (Å²) < 4.78 is 11.6. The highest BCUT2D eigenvalue weighted by molar-refractivity contribution is 5.95. The van der Waals surface area contributed by atoms with E-state index in [0.29, 0.717) is 49.3 Å². The Kier molecular flexibility index (Phi) is 6.70. The first kappa shape index (κ1) is 26.5. The van der Waals surface area contributed by atoms with Crippen LogP contribution < -0.4 is 10.1 Å². The molecule has 0 radical (unpaired) electrons. The Bertz CT molecular complexity index is 1630. The number of carbonyl (C=O) groups excluding carboxylic acids is 2. The van der Waals surface area contributed by atoms with E-state index in [4.69, 9.17) is 14.5 Å². The zero-order valence-electron chi connectivity index (χ0n) is 23.3. The standard InChI is InChI=1S/C29H30N8O4/c1-17-5-10-20-23(29(2,3)27(39)32-28-33-35-36(4)34-28)21-11-12-22(31-25(21)41-24(20)30-17)18-6-8-19(9-7-18)26(38)37-13-15-40-16-14-37/h5-12,23H,13-16H2,1-4H3,(H,32,34,39)/t23-/m0/s1. The van der Waals surface area contributed by atoms with Gasteiger partial charge in [-0.15, -0.1) is 5.10 Å². The molecule has 0 saturated carbocycles. The van der Waals surface area contributed by atoms with Crippen molar-refractivity contribution in [3.05, 3.63) is 70.9 Å². The van der Waals surface area contributed by atoms with Gasteiger partial charge in [-0.1, -0.05) is 43.2 Å². The average Bonchev–Trinajstić information content (AvgIpc) is 3.39. The summed E-state index contributed by atoms with van der Waals surface area (Å²) in [5, 5.41) is 14.6. The number of pyridine rings is 2.